The molecule has 3 aromatic carbocycles. The molecule has 0 aromatic heterocycles. The van der Waals surface area contributed by atoms with E-state index in [1.54, 1.807) is 24.3 Å². The maximum atomic E-state index is 9.55. The molecule has 33 heavy (non-hydrogen) atoms. The van der Waals surface area contributed by atoms with E-state index in [4.69, 9.17) is 29.6 Å². The number of rotatable bonds is 6. The summed E-state index contributed by atoms with van der Waals surface area (Å²) in [6, 6.07) is 22.6. The maximum absolute atomic E-state index is 9.55. The summed E-state index contributed by atoms with van der Waals surface area (Å²) in [5.74, 6) is 0. The molecule has 0 saturated heterocycles. The molecule has 0 unspecified atom stereocenters. The SMILES string of the molecule is CC.Cc1cccc(NC(=S)Nc2ccc(NC(=S)Nc3ccc(N(O)SN)cc3)cc2)c1. The molecule has 174 valence electrons. The van der Waals surface area contributed by atoms with Crippen LogP contribution in [0.15, 0.2) is 72.8 Å². The highest BCUT2D eigenvalue weighted by Crippen LogP contribution is 2.20. The van der Waals surface area contributed by atoms with Crippen molar-refractivity contribution in [2.75, 3.05) is 25.7 Å². The van der Waals surface area contributed by atoms with Gasteiger partial charge < -0.3 is 21.3 Å². The van der Waals surface area contributed by atoms with Gasteiger partial charge in [-0.25, -0.2) is 0 Å². The first kappa shape index (κ1) is 26.4. The van der Waals surface area contributed by atoms with Crippen LogP contribution in [0.5, 0.6) is 0 Å². The molecule has 7 N–H and O–H groups in total. The van der Waals surface area contributed by atoms with Crippen LogP contribution in [-0.2, 0) is 0 Å². The molecule has 10 heteroatoms. The minimum atomic E-state index is 0.444. The summed E-state index contributed by atoms with van der Waals surface area (Å²) in [5, 5.41) is 28.4. The van der Waals surface area contributed by atoms with Crippen molar-refractivity contribution in [2.24, 2.45) is 5.14 Å². The Morgan fingerprint density at radius 2 is 1.18 bits per heavy atom. The molecule has 0 atom stereocenters. The third-order valence-corrected chi connectivity index (χ3v) is 4.94. The van der Waals surface area contributed by atoms with Crippen LogP contribution in [0.1, 0.15) is 19.4 Å². The lowest BCUT2D eigenvalue weighted by molar-refractivity contribution is 0.332. The molecule has 0 aliphatic carbocycles. The number of nitrogens with zero attached hydrogens (tertiary/aromatic N) is 1. The zero-order valence-electron chi connectivity index (χ0n) is 18.6. The van der Waals surface area contributed by atoms with Crippen LogP contribution in [-0.4, -0.2) is 15.4 Å². The lowest BCUT2D eigenvalue weighted by Crippen LogP contribution is -2.20. The van der Waals surface area contributed by atoms with Crippen molar-refractivity contribution in [1.29, 1.82) is 0 Å². The molecule has 0 amide bonds. The Bertz CT molecular complexity index is 1040. The van der Waals surface area contributed by atoms with Crippen molar-refractivity contribution in [1.82, 2.24) is 0 Å². The van der Waals surface area contributed by atoms with Gasteiger partial charge >= 0.3 is 0 Å². The van der Waals surface area contributed by atoms with Crippen LogP contribution in [0.2, 0.25) is 0 Å². The highest BCUT2D eigenvalue weighted by atomic mass is 32.2. The van der Waals surface area contributed by atoms with Gasteiger partial charge in [0.1, 0.15) is 0 Å². The zero-order valence-corrected chi connectivity index (χ0v) is 21.1. The summed E-state index contributed by atoms with van der Waals surface area (Å²) < 4.78 is 0.873. The van der Waals surface area contributed by atoms with Crippen LogP contribution < -0.4 is 30.9 Å². The van der Waals surface area contributed by atoms with Gasteiger partial charge in [-0.1, -0.05) is 26.0 Å². The minimum Gasteiger partial charge on any atom is -0.332 e. The predicted molar refractivity (Wildman–Crippen MR) is 151 cm³/mol. The van der Waals surface area contributed by atoms with Gasteiger partial charge in [0, 0.05) is 22.7 Å². The fraction of sp³-hybridized carbons (Fsp3) is 0.130. The highest BCUT2D eigenvalue weighted by molar-refractivity contribution is 7.98. The molecule has 0 radical (unpaired) electrons. The van der Waals surface area contributed by atoms with E-state index in [1.807, 2.05) is 69.3 Å². The topological polar surface area (TPSA) is 97.6 Å². The van der Waals surface area contributed by atoms with Crippen molar-refractivity contribution >= 4 is 75.2 Å². The van der Waals surface area contributed by atoms with Crippen LogP contribution >= 0.6 is 36.6 Å². The first-order chi connectivity index (χ1) is 15.9. The van der Waals surface area contributed by atoms with E-state index >= 15 is 0 Å². The molecule has 7 nitrogen and oxygen atoms in total. The maximum Gasteiger partial charge on any atom is 0.175 e. The van der Waals surface area contributed by atoms with Crippen molar-refractivity contribution in [3.8, 4) is 0 Å². The van der Waals surface area contributed by atoms with Gasteiger partial charge in [0.05, 0.1) is 17.8 Å². The Hall–Kier alpha value is -2.89. The van der Waals surface area contributed by atoms with E-state index in [-0.39, 0.29) is 0 Å². The van der Waals surface area contributed by atoms with Crippen molar-refractivity contribution in [3.63, 3.8) is 0 Å². The Morgan fingerprint density at radius 1 is 0.758 bits per heavy atom. The number of aryl methyl sites for hydroxylation is 1. The van der Waals surface area contributed by atoms with E-state index in [0.29, 0.717) is 15.9 Å². The number of nitrogens with one attached hydrogen (secondary N) is 4. The summed E-state index contributed by atoms with van der Waals surface area (Å²) in [7, 11) is 0. The summed E-state index contributed by atoms with van der Waals surface area (Å²) >= 11 is 11.5. The average molecular weight is 501 g/mol. The molecular formula is C23H28N6OS3. The molecular weight excluding hydrogens is 472 g/mol. The Morgan fingerprint density at radius 3 is 1.61 bits per heavy atom. The molecule has 0 saturated carbocycles. The van der Waals surface area contributed by atoms with Gasteiger partial charge in [-0.3, -0.25) is 10.3 Å². The summed E-state index contributed by atoms with van der Waals surface area (Å²) in [6.07, 6.45) is 0. The normalized spacial score (nSPS) is 9.73. The number of anilines is 5. The highest BCUT2D eigenvalue weighted by Gasteiger charge is 2.04. The van der Waals surface area contributed by atoms with Gasteiger partial charge in [-0.2, -0.15) is 4.47 Å². The standard InChI is InChI=1S/C21H22N6OS3.C2H6/c1-14-3-2-4-18(13-14)26-21(30)24-16-7-5-15(6-8-16)23-20(29)25-17-9-11-19(12-10-17)27(28)31-22;1-2/h2-13,28H,22H2,1H3,(H2,23,25,29)(H2,24,26,30);1-2H3. The smallest absolute Gasteiger partial charge is 0.175 e. The second-order valence-electron chi connectivity index (χ2n) is 6.53. The fourth-order valence-corrected chi connectivity index (χ4v) is 3.39. The van der Waals surface area contributed by atoms with Gasteiger partial charge in [0.25, 0.3) is 0 Å². The van der Waals surface area contributed by atoms with Gasteiger partial charge in [-0.15, -0.1) is 0 Å². The number of hydrogen-bond donors (Lipinski definition) is 6. The van der Waals surface area contributed by atoms with Crippen molar-refractivity contribution < 1.29 is 5.21 Å². The number of hydrogen-bond acceptors (Lipinski definition) is 6. The quantitative estimate of drug-likeness (QED) is 0.130. The number of nitrogens with two attached hydrogens (primary N) is 1. The van der Waals surface area contributed by atoms with Crippen molar-refractivity contribution in [3.05, 3.63) is 78.4 Å². The van der Waals surface area contributed by atoms with E-state index in [2.05, 4.69) is 21.3 Å². The van der Waals surface area contributed by atoms with E-state index in [1.165, 1.54) is 0 Å². The second-order valence-corrected chi connectivity index (χ2v) is 7.90. The Kier molecular flexibility index (Phi) is 10.9. The molecule has 0 heterocycles. The number of benzene rings is 3. The first-order valence-electron chi connectivity index (χ1n) is 10.2. The van der Waals surface area contributed by atoms with E-state index in [0.717, 1.165) is 44.9 Å². The predicted octanol–water partition coefficient (Wildman–Crippen LogP) is 6.36. The first-order valence-corrected chi connectivity index (χ1v) is 11.9. The van der Waals surface area contributed by atoms with Crippen LogP contribution in [0.4, 0.5) is 28.4 Å². The largest absolute Gasteiger partial charge is 0.332 e. The van der Waals surface area contributed by atoms with E-state index in [9.17, 15) is 5.21 Å². The van der Waals surface area contributed by atoms with Gasteiger partial charge in [-0.05, 0) is 97.6 Å². The fourth-order valence-electron chi connectivity index (χ4n) is 2.68. The van der Waals surface area contributed by atoms with Crippen LogP contribution in [0.25, 0.3) is 0 Å². The molecule has 0 spiro atoms. The van der Waals surface area contributed by atoms with E-state index < -0.39 is 0 Å². The lowest BCUT2D eigenvalue weighted by atomic mass is 10.2. The molecule has 3 aromatic rings. The molecule has 0 aliphatic heterocycles. The molecule has 0 bridgehead atoms. The average Bonchev–Trinajstić information content (AvgIpc) is 2.81. The van der Waals surface area contributed by atoms with Gasteiger partial charge in [0.15, 0.2) is 10.2 Å². The lowest BCUT2D eigenvalue weighted by Gasteiger charge is -2.14. The Balaban J connectivity index is 0.00000187. The van der Waals surface area contributed by atoms with Gasteiger partial charge in [0.2, 0.25) is 0 Å². The van der Waals surface area contributed by atoms with Crippen LogP contribution in [0.3, 0.4) is 0 Å². The summed E-state index contributed by atoms with van der Waals surface area (Å²) in [5.41, 5.74) is 5.13. The second kappa shape index (κ2) is 13.6. The number of thiocarbonyl (C=S) groups is 2. The zero-order chi connectivity index (χ0) is 24.2. The third kappa shape index (κ3) is 8.87. The molecule has 3 rings (SSSR count). The summed E-state index contributed by atoms with van der Waals surface area (Å²) in [4.78, 5) is 0. The van der Waals surface area contributed by atoms with Crippen molar-refractivity contribution in [2.45, 2.75) is 20.8 Å². The van der Waals surface area contributed by atoms with Crippen LogP contribution in [0, 0.1) is 6.92 Å². The molecule has 0 fully saturated rings. The summed E-state index contributed by atoms with van der Waals surface area (Å²) in [6.45, 7) is 6.03. The third-order valence-electron chi connectivity index (χ3n) is 4.12. The Labute approximate surface area is 210 Å². The minimum absolute atomic E-state index is 0.444. The monoisotopic (exact) mass is 500 g/mol. The molecule has 0 aliphatic rings.